The smallest absolute Gasteiger partial charge is 0.326 e. The van der Waals surface area contributed by atoms with E-state index in [9.17, 15) is 4.79 Å². The third-order valence-electron chi connectivity index (χ3n) is 4.12. The molecular weight excluding hydrogens is 256 g/mol. The van der Waals surface area contributed by atoms with Gasteiger partial charge in [-0.25, -0.2) is 9.67 Å². The van der Waals surface area contributed by atoms with Crippen molar-refractivity contribution in [3.05, 3.63) is 11.6 Å². The van der Waals surface area contributed by atoms with Crippen molar-refractivity contribution in [2.45, 2.75) is 58.0 Å². The molecule has 6 heteroatoms. The molecule has 1 aliphatic rings. The van der Waals surface area contributed by atoms with Crippen molar-refractivity contribution in [1.29, 1.82) is 0 Å². The largest absolute Gasteiger partial charge is 0.465 e. The standard InChI is InChI=1S/C14H24N4O2/c1-5-20-13(19)14(15-4)8-6-7-12(9-14)18-11(3)16-10(2)17-18/h12,15H,5-9H2,1-4H3. The molecule has 0 spiro atoms. The van der Waals surface area contributed by atoms with Gasteiger partial charge in [0.15, 0.2) is 0 Å². The highest BCUT2D eigenvalue weighted by Gasteiger charge is 2.43. The Hall–Kier alpha value is -1.43. The second-order valence-electron chi connectivity index (χ2n) is 5.45. The normalized spacial score (nSPS) is 26.5. The van der Waals surface area contributed by atoms with Gasteiger partial charge >= 0.3 is 5.97 Å². The van der Waals surface area contributed by atoms with Crippen LogP contribution in [0, 0.1) is 13.8 Å². The van der Waals surface area contributed by atoms with Gasteiger partial charge in [-0.1, -0.05) is 0 Å². The Bertz CT molecular complexity index is 486. The molecule has 20 heavy (non-hydrogen) atoms. The van der Waals surface area contributed by atoms with Gasteiger partial charge in [0, 0.05) is 0 Å². The van der Waals surface area contributed by atoms with Crippen LogP contribution in [-0.2, 0) is 9.53 Å². The van der Waals surface area contributed by atoms with Crippen LogP contribution in [0.1, 0.15) is 50.3 Å². The molecule has 0 saturated heterocycles. The fourth-order valence-corrected chi connectivity index (χ4v) is 3.12. The molecule has 1 N–H and O–H groups in total. The first-order valence-electron chi connectivity index (χ1n) is 7.28. The summed E-state index contributed by atoms with van der Waals surface area (Å²) in [4.78, 5) is 16.6. The molecule has 2 rings (SSSR count). The number of nitrogens with zero attached hydrogens (tertiary/aromatic N) is 3. The van der Waals surface area contributed by atoms with Crippen molar-refractivity contribution in [2.24, 2.45) is 0 Å². The molecule has 0 radical (unpaired) electrons. The number of nitrogens with one attached hydrogen (secondary N) is 1. The number of carbonyl (C=O) groups excluding carboxylic acids is 1. The van der Waals surface area contributed by atoms with Gasteiger partial charge in [0.1, 0.15) is 17.2 Å². The van der Waals surface area contributed by atoms with Crippen LogP contribution in [0.25, 0.3) is 0 Å². The second kappa shape index (κ2) is 5.91. The third-order valence-corrected chi connectivity index (χ3v) is 4.12. The predicted octanol–water partition coefficient (Wildman–Crippen LogP) is 1.53. The van der Waals surface area contributed by atoms with Crippen LogP contribution < -0.4 is 5.32 Å². The topological polar surface area (TPSA) is 69.0 Å². The summed E-state index contributed by atoms with van der Waals surface area (Å²) >= 11 is 0. The number of hydrogen-bond acceptors (Lipinski definition) is 5. The summed E-state index contributed by atoms with van der Waals surface area (Å²) in [6, 6.07) is 0.196. The summed E-state index contributed by atoms with van der Waals surface area (Å²) in [5.41, 5.74) is -0.592. The van der Waals surface area contributed by atoms with Crippen molar-refractivity contribution in [3.63, 3.8) is 0 Å². The first-order chi connectivity index (χ1) is 9.52. The number of rotatable bonds is 4. The Morgan fingerprint density at radius 2 is 2.30 bits per heavy atom. The average Bonchev–Trinajstić information content (AvgIpc) is 2.78. The van der Waals surface area contributed by atoms with Crippen molar-refractivity contribution >= 4 is 5.97 Å². The highest BCUT2D eigenvalue weighted by Crippen LogP contribution is 2.36. The number of ether oxygens (including phenoxy) is 1. The lowest BCUT2D eigenvalue weighted by Crippen LogP contribution is -2.54. The van der Waals surface area contributed by atoms with E-state index < -0.39 is 5.54 Å². The van der Waals surface area contributed by atoms with E-state index in [1.807, 2.05) is 32.5 Å². The van der Waals surface area contributed by atoms with Crippen molar-refractivity contribution < 1.29 is 9.53 Å². The number of hydrogen-bond donors (Lipinski definition) is 1. The quantitative estimate of drug-likeness (QED) is 0.847. The third kappa shape index (κ3) is 2.70. The maximum absolute atomic E-state index is 12.3. The van der Waals surface area contributed by atoms with Gasteiger partial charge < -0.3 is 10.1 Å². The number of likely N-dealkylation sites (N-methyl/N-ethyl adjacent to an activating group) is 1. The van der Waals surface area contributed by atoms with E-state index in [0.717, 1.165) is 30.9 Å². The molecule has 0 aliphatic heterocycles. The monoisotopic (exact) mass is 280 g/mol. The summed E-state index contributed by atoms with van der Waals surface area (Å²) in [5.74, 6) is 1.53. The van der Waals surface area contributed by atoms with Crippen LogP contribution in [0.5, 0.6) is 0 Å². The van der Waals surface area contributed by atoms with Gasteiger partial charge in [0.25, 0.3) is 0 Å². The lowest BCUT2D eigenvalue weighted by Gasteiger charge is -2.38. The molecule has 1 aromatic rings. The van der Waals surface area contributed by atoms with Crippen LogP contribution >= 0.6 is 0 Å². The minimum Gasteiger partial charge on any atom is -0.465 e. The maximum atomic E-state index is 12.3. The van der Waals surface area contributed by atoms with Gasteiger partial charge in [-0.05, 0) is 53.5 Å². The van der Waals surface area contributed by atoms with E-state index in [1.165, 1.54) is 0 Å². The summed E-state index contributed by atoms with van der Waals surface area (Å²) < 4.78 is 7.21. The van der Waals surface area contributed by atoms with E-state index in [1.54, 1.807) is 0 Å². The highest BCUT2D eigenvalue weighted by atomic mass is 16.5. The molecule has 2 unspecified atom stereocenters. The van der Waals surface area contributed by atoms with Crippen molar-refractivity contribution in [1.82, 2.24) is 20.1 Å². The highest BCUT2D eigenvalue weighted by molar-refractivity contribution is 5.81. The van der Waals surface area contributed by atoms with E-state index >= 15 is 0 Å². The summed E-state index contributed by atoms with van der Waals surface area (Å²) in [6.45, 7) is 6.10. The maximum Gasteiger partial charge on any atom is 0.326 e. The van der Waals surface area contributed by atoms with Gasteiger partial charge in [-0.3, -0.25) is 4.79 Å². The number of esters is 1. The molecule has 2 atom stereocenters. The Morgan fingerprint density at radius 1 is 1.55 bits per heavy atom. The van der Waals surface area contributed by atoms with Crippen molar-refractivity contribution in [2.75, 3.05) is 13.7 Å². The van der Waals surface area contributed by atoms with E-state index in [2.05, 4.69) is 15.4 Å². The molecule has 1 aromatic heterocycles. The summed E-state index contributed by atoms with van der Waals surface area (Å²) in [7, 11) is 1.83. The molecule has 0 aromatic carbocycles. The Kier molecular flexibility index (Phi) is 4.42. The minimum atomic E-state index is -0.592. The Balaban J connectivity index is 2.22. The average molecular weight is 280 g/mol. The fraction of sp³-hybridized carbons (Fsp3) is 0.786. The molecule has 0 amide bonds. The summed E-state index contributed by atoms with van der Waals surface area (Å²) in [5, 5.41) is 7.66. The van der Waals surface area contributed by atoms with E-state index in [0.29, 0.717) is 13.0 Å². The zero-order valence-corrected chi connectivity index (χ0v) is 12.8. The lowest BCUT2D eigenvalue weighted by molar-refractivity contribution is -0.153. The second-order valence-corrected chi connectivity index (χ2v) is 5.45. The molecule has 0 bridgehead atoms. The first-order valence-corrected chi connectivity index (χ1v) is 7.28. The lowest BCUT2D eigenvalue weighted by atomic mass is 9.79. The molecule has 1 fully saturated rings. The summed E-state index contributed by atoms with van der Waals surface area (Å²) in [6.07, 6.45) is 3.51. The Labute approximate surface area is 119 Å². The van der Waals surface area contributed by atoms with Gasteiger partial charge in [0.2, 0.25) is 0 Å². The first kappa shape index (κ1) is 15.0. The predicted molar refractivity (Wildman–Crippen MR) is 75.4 cm³/mol. The molecular formula is C14H24N4O2. The van der Waals surface area contributed by atoms with Gasteiger partial charge in [-0.15, -0.1) is 0 Å². The van der Waals surface area contributed by atoms with Gasteiger partial charge in [-0.2, -0.15) is 5.10 Å². The molecule has 1 heterocycles. The Morgan fingerprint density at radius 3 is 2.85 bits per heavy atom. The fourth-order valence-electron chi connectivity index (χ4n) is 3.12. The van der Waals surface area contributed by atoms with Crippen molar-refractivity contribution in [3.8, 4) is 0 Å². The number of aromatic nitrogens is 3. The molecule has 1 saturated carbocycles. The SMILES string of the molecule is CCOC(=O)C1(NC)CCCC(n2nc(C)nc2C)C1. The molecule has 112 valence electrons. The van der Waals surface area contributed by atoms with Crippen LogP contribution in [0.4, 0.5) is 0 Å². The zero-order valence-electron chi connectivity index (χ0n) is 12.8. The zero-order chi connectivity index (χ0) is 14.8. The number of aryl methyl sites for hydroxylation is 2. The molecule has 6 nitrogen and oxygen atoms in total. The van der Waals surface area contributed by atoms with Crippen LogP contribution in [0.15, 0.2) is 0 Å². The van der Waals surface area contributed by atoms with E-state index in [4.69, 9.17) is 4.74 Å². The molecule has 1 aliphatic carbocycles. The minimum absolute atomic E-state index is 0.151. The van der Waals surface area contributed by atoms with Crippen LogP contribution in [-0.4, -0.2) is 39.9 Å². The number of carbonyl (C=O) groups is 1. The van der Waals surface area contributed by atoms with Crippen LogP contribution in [0.2, 0.25) is 0 Å². The van der Waals surface area contributed by atoms with E-state index in [-0.39, 0.29) is 12.0 Å². The van der Waals surface area contributed by atoms with Crippen LogP contribution in [0.3, 0.4) is 0 Å². The van der Waals surface area contributed by atoms with Gasteiger partial charge in [0.05, 0.1) is 12.6 Å².